The SMILES string of the molecule is C[SiH](C)[C@@]1(N2CC(=[SiH2])C(=O)NC2=O)O[C@H](C(O)C(C)(C)C)[C@@H](OC(C)(C)C)[C@H]1OC(C)(C)C. The van der Waals surface area contributed by atoms with Crippen molar-refractivity contribution < 1.29 is 28.9 Å². The second kappa shape index (κ2) is 9.27. The summed E-state index contributed by atoms with van der Waals surface area (Å²) in [4.78, 5) is 27.0. The highest BCUT2D eigenvalue weighted by Gasteiger charge is 2.66. The monoisotopic (exact) mass is 500 g/mol. The Hall–Kier alpha value is -0.916. The van der Waals surface area contributed by atoms with E-state index in [-0.39, 0.29) is 12.5 Å². The fourth-order valence-electron chi connectivity index (χ4n) is 4.43. The van der Waals surface area contributed by atoms with Crippen LogP contribution in [0.4, 0.5) is 4.79 Å². The van der Waals surface area contributed by atoms with Gasteiger partial charge in [-0.05, 0) is 56.8 Å². The van der Waals surface area contributed by atoms with E-state index in [1.54, 1.807) is 4.90 Å². The molecular formula is C23H44N2O6Si2. The molecule has 0 saturated carbocycles. The molecule has 0 aliphatic carbocycles. The van der Waals surface area contributed by atoms with Crippen LogP contribution in [0.15, 0.2) is 0 Å². The molecule has 8 nitrogen and oxygen atoms in total. The molecule has 3 amide bonds. The number of carbonyl (C=O) groups excluding carboxylic acids is 2. The van der Waals surface area contributed by atoms with Crippen LogP contribution < -0.4 is 5.32 Å². The molecule has 0 spiro atoms. The predicted molar refractivity (Wildman–Crippen MR) is 135 cm³/mol. The quantitative estimate of drug-likeness (QED) is 0.552. The van der Waals surface area contributed by atoms with Crippen LogP contribution in [0.25, 0.3) is 0 Å². The van der Waals surface area contributed by atoms with Gasteiger partial charge in [0.15, 0.2) is 5.35 Å². The van der Waals surface area contributed by atoms with E-state index in [9.17, 15) is 14.7 Å². The molecule has 2 N–H and O–H groups in total. The molecule has 0 aromatic carbocycles. The summed E-state index contributed by atoms with van der Waals surface area (Å²) in [5, 5.41) is 13.3. The third-order valence-electron chi connectivity index (χ3n) is 5.91. The van der Waals surface area contributed by atoms with E-state index in [0.717, 1.165) is 0 Å². The van der Waals surface area contributed by atoms with Crippen LogP contribution in [-0.2, 0) is 19.0 Å². The van der Waals surface area contributed by atoms with Gasteiger partial charge in [-0.1, -0.05) is 33.9 Å². The van der Waals surface area contributed by atoms with Gasteiger partial charge in [-0.2, -0.15) is 0 Å². The lowest BCUT2D eigenvalue weighted by Gasteiger charge is -2.49. The maximum atomic E-state index is 13.2. The maximum Gasteiger partial charge on any atom is 0.326 e. The molecule has 2 saturated heterocycles. The van der Waals surface area contributed by atoms with Gasteiger partial charge in [0.2, 0.25) is 0 Å². The van der Waals surface area contributed by atoms with Crippen molar-refractivity contribution in [3.05, 3.63) is 0 Å². The molecule has 0 aromatic heterocycles. The maximum absolute atomic E-state index is 13.2. The molecule has 2 aliphatic rings. The van der Waals surface area contributed by atoms with Gasteiger partial charge >= 0.3 is 6.03 Å². The minimum atomic E-state index is -1.90. The van der Waals surface area contributed by atoms with Crippen molar-refractivity contribution in [1.29, 1.82) is 0 Å². The second-order valence-corrected chi connectivity index (χ2v) is 16.6. The van der Waals surface area contributed by atoms with Crippen molar-refractivity contribution in [2.24, 2.45) is 5.41 Å². The molecule has 0 radical (unpaired) electrons. The van der Waals surface area contributed by atoms with Gasteiger partial charge in [0, 0.05) is 5.17 Å². The molecule has 0 aromatic rings. The molecular weight excluding hydrogens is 456 g/mol. The molecule has 1 unspecified atom stereocenters. The average Bonchev–Trinajstić information content (AvgIpc) is 2.88. The van der Waals surface area contributed by atoms with E-state index >= 15 is 0 Å². The topological polar surface area (TPSA) is 97.3 Å². The number of hydrogen-bond acceptors (Lipinski definition) is 6. The summed E-state index contributed by atoms with van der Waals surface area (Å²) in [6, 6.07) is -0.500. The first-order valence-electron chi connectivity index (χ1n) is 11.7. The highest BCUT2D eigenvalue weighted by molar-refractivity contribution is 6.65. The largest absolute Gasteiger partial charge is 0.390 e. The summed E-state index contributed by atoms with van der Waals surface area (Å²) >= 11 is 0. The minimum absolute atomic E-state index is 0.152. The van der Waals surface area contributed by atoms with Crippen molar-refractivity contribution in [2.45, 2.75) is 116 Å². The van der Waals surface area contributed by atoms with Gasteiger partial charge in [-0.15, -0.1) is 0 Å². The molecule has 10 heteroatoms. The van der Waals surface area contributed by atoms with Gasteiger partial charge < -0.3 is 19.3 Å². The Morgan fingerprint density at radius 1 is 1.09 bits per heavy atom. The summed E-state index contributed by atoms with van der Waals surface area (Å²) in [5.74, 6) is -0.366. The van der Waals surface area contributed by atoms with E-state index in [2.05, 4.69) is 18.4 Å². The number of aliphatic hydroxyl groups is 1. The summed E-state index contributed by atoms with van der Waals surface area (Å²) in [5.41, 5.74) is -1.59. The summed E-state index contributed by atoms with van der Waals surface area (Å²) < 4.78 is 20.0. The number of carbonyl (C=O) groups is 2. The fourth-order valence-corrected chi connectivity index (χ4v) is 6.92. The second-order valence-electron chi connectivity index (χ2n) is 12.6. The zero-order valence-electron chi connectivity index (χ0n) is 22.2. The van der Waals surface area contributed by atoms with E-state index < -0.39 is 61.2 Å². The predicted octanol–water partition coefficient (Wildman–Crippen LogP) is 1.24. The smallest absolute Gasteiger partial charge is 0.326 e. The van der Waals surface area contributed by atoms with E-state index in [4.69, 9.17) is 14.2 Å². The van der Waals surface area contributed by atoms with Crippen LogP contribution in [-0.4, -0.2) is 93.3 Å². The fraction of sp³-hybridized carbons (Fsp3) is 0.870. The first-order valence-corrected chi connectivity index (χ1v) is 15.3. The van der Waals surface area contributed by atoms with Crippen molar-refractivity contribution in [3.63, 3.8) is 0 Å². The lowest BCUT2D eigenvalue weighted by molar-refractivity contribution is -0.179. The van der Waals surface area contributed by atoms with Crippen molar-refractivity contribution in [2.75, 3.05) is 6.54 Å². The molecule has 2 fully saturated rings. The normalized spacial score (nSPS) is 30.8. The zero-order chi connectivity index (χ0) is 25.7. The van der Waals surface area contributed by atoms with Crippen molar-refractivity contribution in [1.82, 2.24) is 10.2 Å². The Kier molecular flexibility index (Phi) is 7.96. The van der Waals surface area contributed by atoms with Gasteiger partial charge in [-0.25, -0.2) is 4.79 Å². The van der Waals surface area contributed by atoms with Crippen LogP contribution in [0.5, 0.6) is 0 Å². The lowest BCUT2D eigenvalue weighted by atomic mass is 9.83. The molecule has 0 bridgehead atoms. The number of nitrogens with zero attached hydrogens (tertiary/aromatic N) is 1. The van der Waals surface area contributed by atoms with E-state index in [1.165, 1.54) is 9.85 Å². The summed E-state index contributed by atoms with van der Waals surface area (Å²) in [6.45, 7) is 21.9. The van der Waals surface area contributed by atoms with E-state index in [1.807, 2.05) is 62.3 Å². The number of rotatable bonds is 5. The van der Waals surface area contributed by atoms with Gasteiger partial charge in [-0.3, -0.25) is 15.0 Å². The average molecular weight is 501 g/mol. The molecule has 190 valence electrons. The third kappa shape index (κ3) is 6.02. The summed E-state index contributed by atoms with van der Waals surface area (Å²) in [6.07, 6.45) is -2.87. The third-order valence-corrected chi connectivity index (χ3v) is 8.88. The number of ether oxygens (including phenoxy) is 3. The van der Waals surface area contributed by atoms with Crippen molar-refractivity contribution >= 4 is 35.8 Å². The minimum Gasteiger partial charge on any atom is -0.390 e. The Labute approximate surface area is 203 Å². The molecule has 5 atom stereocenters. The number of amides is 3. The highest BCUT2D eigenvalue weighted by Crippen LogP contribution is 2.46. The van der Waals surface area contributed by atoms with Crippen LogP contribution in [0.3, 0.4) is 0 Å². The Morgan fingerprint density at radius 3 is 2.03 bits per heavy atom. The van der Waals surface area contributed by atoms with Gasteiger partial charge in [0.1, 0.15) is 18.3 Å². The number of aliphatic hydroxyl groups excluding tert-OH is 1. The van der Waals surface area contributed by atoms with Gasteiger partial charge in [0.25, 0.3) is 5.91 Å². The van der Waals surface area contributed by atoms with Gasteiger partial charge in [0.05, 0.1) is 32.6 Å². The Bertz CT molecular complexity index is 783. The van der Waals surface area contributed by atoms with Crippen LogP contribution >= 0.6 is 0 Å². The van der Waals surface area contributed by atoms with Crippen LogP contribution in [0.1, 0.15) is 62.3 Å². The zero-order valence-corrected chi connectivity index (χ0v) is 24.8. The standard InChI is InChI=1S/C23H44N2O6Si2/c1-20(2,3)16(26)14-15(29-21(4,5)6)17(31-22(7,8)9)23(30-14,33(10)11)25-12-13(32)18(27)24-19(25)28/h14-17,26,33H,12,32H2,1-11H3,(H,24,27,28)/t14-,15+,16?,17+,23-/m0/s1. The number of nitrogens with one attached hydrogen (secondary N) is 1. The lowest BCUT2D eigenvalue weighted by Crippen LogP contribution is -2.72. The Morgan fingerprint density at radius 2 is 1.61 bits per heavy atom. The number of urea groups is 1. The van der Waals surface area contributed by atoms with Crippen LogP contribution in [0.2, 0.25) is 13.1 Å². The number of imide groups is 1. The molecule has 2 heterocycles. The first kappa shape index (κ1) is 28.3. The number of hydrogen-bond donors (Lipinski definition) is 2. The molecule has 2 aliphatic heterocycles. The van der Waals surface area contributed by atoms with Crippen LogP contribution in [0, 0.1) is 5.41 Å². The first-order chi connectivity index (χ1) is 14.7. The molecule has 33 heavy (non-hydrogen) atoms. The molecule has 2 rings (SSSR count). The Balaban J connectivity index is 2.74. The van der Waals surface area contributed by atoms with E-state index in [0.29, 0.717) is 5.17 Å². The summed E-state index contributed by atoms with van der Waals surface area (Å²) in [7, 11) is -0.426. The highest BCUT2D eigenvalue weighted by atomic mass is 28.3. The van der Waals surface area contributed by atoms with Crippen molar-refractivity contribution in [3.8, 4) is 0 Å².